The lowest BCUT2D eigenvalue weighted by Crippen LogP contribution is -2.03. The van der Waals surface area contributed by atoms with Gasteiger partial charge in [-0.2, -0.15) is 5.10 Å². The molecule has 0 aliphatic heterocycles. The second kappa shape index (κ2) is 4.99. The van der Waals surface area contributed by atoms with Gasteiger partial charge in [0.25, 0.3) is 0 Å². The van der Waals surface area contributed by atoms with Gasteiger partial charge < -0.3 is 9.55 Å². The molecule has 20 heavy (non-hydrogen) atoms. The third-order valence-electron chi connectivity index (χ3n) is 3.02. The molecule has 0 aliphatic carbocycles. The van der Waals surface area contributed by atoms with Crippen LogP contribution >= 0.6 is 23.8 Å². The summed E-state index contributed by atoms with van der Waals surface area (Å²) in [6.45, 7) is 0.602. The number of nitrogens with one attached hydrogen (secondary N) is 1. The fraction of sp³-hybridized carbons (Fsp3) is 0.250. The molecule has 1 N–H and O–H groups in total. The van der Waals surface area contributed by atoms with Gasteiger partial charge in [0.15, 0.2) is 10.6 Å². The fourth-order valence-corrected chi connectivity index (χ4v) is 2.54. The zero-order chi connectivity index (χ0) is 14.3. The highest BCUT2D eigenvalue weighted by molar-refractivity contribution is 7.71. The third-order valence-corrected chi connectivity index (χ3v) is 3.63. The zero-order valence-corrected chi connectivity index (χ0v) is 12.2. The molecule has 104 valence electrons. The van der Waals surface area contributed by atoms with Crippen molar-refractivity contribution in [1.82, 2.24) is 24.3 Å². The van der Waals surface area contributed by atoms with Crippen molar-refractivity contribution in [2.24, 2.45) is 7.05 Å². The fourth-order valence-electron chi connectivity index (χ4n) is 2.08. The summed E-state index contributed by atoms with van der Waals surface area (Å²) in [6, 6.07) is 2.92. The van der Waals surface area contributed by atoms with Crippen LogP contribution in [0.1, 0.15) is 5.82 Å². The first kappa shape index (κ1) is 13.3. The number of fused-ring (bicyclic) bond motifs is 1. The first-order valence-corrected chi connectivity index (χ1v) is 6.75. The Hall–Kier alpha value is -1.73. The number of H-pyrrole nitrogens is 1. The second-order valence-corrected chi connectivity index (χ2v) is 5.24. The van der Waals surface area contributed by atoms with Crippen molar-refractivity contribution in [2.45, 2.75) is 13.0 Å². The van der Waals surface area contributed by atoms with Crippen LogP contribution in [0.4, 0.5) is 4.39 Å². The van der Waals surface area contributed by atoms with Crippen LogP contribution < -0.4 is 0 Å². The summed E-state index contributed by atoms with van der Waals surface area (Å²) < 4.78 is 17.5. The number of imidazole rings is 1. The number of rotatable bonds is 3. The predicted molar refractivity (Wildman–Crippen MR) is 76.8 cm³/mol. The summed E-state index contributed by atoms with van der Waals surface area (Å²) in [6.07, 6.45) is 2.28. The van der Waals surface area contributed by atoms with Gasteiger partial charge in [0.2, 0.25) is 0 Å². The van der Waals surface area contributed by atoms with E-state index in [1.807, 2.05) is 11.6 Å². The Balaban J connectivity index is 1.96. The lowest BCUT2D eigenvalue weighted by Gasteiger charge is -2.03. The minimum absolute atomic E-state index is 0.0798. The summed E-state index contributed by atoms with van der Waals surface area (Å²) >= 11 is 11.1. The molecule has 3 aromatic rings. The minimum Gasteiger partial charge on any atom is -0.330 e. The van der Waals surface area contributed by atoms with Crippen molar-refractivity contribution in [2.75, 3.05) is 0 Å². The van der Waals surface area contributed by atoms with E-state index < -0.39 is 5.82 Å². The molecule has 8 heteroatoms. The van der Waals surface area contributed by atoms with Gasteiger partial charge in [-0.05, 0) is 18.3 Å². The molecule has 0 saturated heterocycles. The van der Waals surface area contributed by atoms with Gasteiger partial charge in [0, 0.05) is 26.1 Å². The van der Waals surface area contributed by atoms with E-state index in [2.05, 4.69) is 15.1 Å². The largest absolute Gasteiger partial charge is 0.330 e. The number of aryl methyl sites for hydroxylation is 3. The normalized spacial score (nSPS) is 11.3. The molecule has 0 fully saturated rings. The van der Waals surface area contributed by atoms with Gasteiger partial charge in [-0.1, -0.05) is 11.6 Å². The number of halogens is 2. The highest BCUT2D eigenvalue weighted by Gasteiger charge is 2.10. The van der Waals surface area contributed by atoms with Crippen LogP contribution in [0.25, 0.3) is 11.0 Å². The van der Waals surface area contributed by atoms with E-state index in [0.29, 0.717) is 23.3 Å². The Bertz CT molecular complexity index is 834. The van der Waals surface area contributed by atoms with E-state index in [1.165, 1.54) is 6.07 Å². The first-order valence-electron chi connectivity index (χ1n) is 5.96. The van der Waals surface area contributed by atoms with Crippen molar-refractivity contribution in [3.8, 4) is 0 Å². The smallest absolute Gasteiger partial charge is 0.178 e. The summed E-state index contributed by atoms with van der Waals surface area (Å²) in [7, 11) is 1.82. The molecule has 0 atom stereocenters. The van der Waals surface area contributed by atoms with E-state index >= 15 is 0 Å². The topological polar surface area (TPSA) is 51.4 Å². The molecule has 0 spiro atoms. The molecular formula is C12H11ClFN5S. The SMILES string of the molecule is Cn1cnc(CCn2c(=S)[nH]c3cc(F)c(Cl)cc32)n1. The van der Waals surface area contributed by atoms with Gasteiger partial charge >= 0.3 is 0 Å². The lowest BCUT2D eigenvalue weighted by molar-refractivity contribution is 0.629. The van der Waals surface area contributed by atoms with E-state index in [-0.39, 0.29) is 5.02 Å². The quantitative estimate of drug-likeness (QED) is 0.757. The summed E-state index contributed by atoms with van der Waals surface area (Å²) in [4.78, 5) is 7.13. The average molecular weight is 312 g/mol. The Morgan fingerprint density at radius 3 is 2.95 bits per heavy atom. The molecule has 1 aromatic carbocycles. The molecule has 0 radical (unpaired) electrons. The number of nitrogens with zero attached hydrogens (tertiary/aromatic N) is 4. The van der Waals surface area contributed by atoms with Crippen molar-refractivity contribution >= 4 is 34.9 Å². The van der Waals surface area contributed by atoms with E-state index in [0.717, 1.165) is 11.3 Å². The van der Waals surface area contributed by atoms with Gasteiger partial charge in [0.1, 0.15) is 12.1 Å². The summed E-state index contributed by atoms with van der Waals surface area (Å²) in [5.41, 5.74) is 1.41. The molecule has 5 nitrogen and oxygen atoms in total. The van der Waals surface area contributed by atoms with Crippen LogP contribution in [0.15, 0.2) is 18.5 Å². The molecule has 0 aliphatic rings. The number of aromatic amines is 1. The maximum absolute atomic E-state index is 13.4. The van der Waals surface area contributed by atoms with Crippen LogP contribution in [0.2, 0.25) is 5.02 Å². The van der Waals surface area contributed by atoms with Crippen LogP contribution in [-0.4, -0.2) is 24.3 Å². The number of benzene rings is 1. The molecular weight excluding hydrogens is 301 g/mol. The van der Waals surface area contributed by atoms with Crippen molar-refractivity contribution in [3.05, 3.63) is 39.9 Å². The Kier molecular flexibility index (Phi) is 3.31. The minimum atomic E-state index is -0.464. The van der Waals surface area contributed by atoms with Crippen molar-refractivity contribution in [1.29, 1.82) is 0 Å². The number of hydrogen-bond donors (Lipinski definition) is 1. The molecule has 0 unspecified atom stereocenters. The van der Waals surface area contributed by atoms with Gasteiger partial charge in [-0.3, -0.25) is 4.68 Å². The van der Waals surface area contributed by atoms with Crippen LogP contribution in [0, 0.1) is 10.6 Å². The van der Waals surface area contributed by atoms with Crippen LogP contribution in [-0.2, 0) is 20.0 Å². The van der Waals surface area contributed by atoms with E-state index in [9.17, 15) is 4.39 Å². The molecule has 2 aromatic heterocycles. The summed E-state index contributed by atoms with van der Waals surface area (Å²) in [5.74, 6) is 0.269. The molecule has 3 rings (SSSR count). The highest BCUT2D eigenvalue weighted by atomic mass is 35.5. The summed E-state index contributed by atoms with van der Waals surface area (Å²) in [5, 5.41) is 4.29. The maximum atomic E-state index is 13.4. The second-order valence-electron chi connectivity index (χ2n) is 4.45. The van der Waals surface area contributed by atoms with E-state index in [4.69, 9.17) is 23.8 Å². The average Bonchev–Trinajstić information content (AvgIpc) is 2.92. The van der Waals surface area contributed by atoms with Crippen LogP contribution in [0.3, 0.4) is 0 Å². The molecule has 0 saturated carbocycles. The van der Waals surface area contributed by atoms with Crippen molar-refractivity contribution in [3.63, 3.8) is 0 Å². The standard InChI is InChI=1S/C12H11ClFN5S/c1-18-6-15-11(17-18)2-3-19-10-4-7(13)8(14)5-9(10)16-12(19)20/h4-6H,2-3H2,1H3,(H,16,20). The molecule has 2 heterocycles. The van der Waals surface area contributed by atoms with Gasteiger partial charge in [-0.25, -0.2) is 9.37 Å². The Morgan fingerprint density at radius 1 is 1.45 bits per heavy atom. The first-order chi connectivity index (χ1) is 9.54. The number of hydrogen-bond acceptors (Lipinski definition) is 3. The van der Waals surface area contributed by atoms with E-state index in [1.54, 1.807) is 17.1 Å². The highest BCUT2D eigenvalue weighted by Crippen LogP contribution is 2.23. The Labute approximate surface area is 124 Å². The van der Waals surface area contributed by atoms with Crippen molar-refractivity contribution < 1.29 is 4.39 Å². The Morgan fingerprint density at radius 2 is 2.25 bits per heavy atom. The lowest BCUT2D eigenvalue weighted by atomic mass is 10.3. The molecule has 0 amide bonds. The number of aromatic nitrogens is 5. The maximum Gasteiger partial charge on any atom is 0.178 e. The third kappa shape index (κ3) is 2.34. The van der Waals surface area contributed by atoms with Gasteiger partial charge in [-0.15, -0.1) is 0 Å². The monoisotopic (exact) mass is 311 g/mol. The predicted octanol–water partition coefficient (Wildman–Crippen LogP) is 2.86. The zero-order valence-electron chi connectivity index (χ0n) is 10.6. The molecule has 0 bridgehead atoms. The van der Waals surface area contributed by atoms with Gasteiger partial charge in [0.05, 0.1) is 16.1 Å². The van der Waals surface area contributed by atoms with Crippen LogP contribution in [0.5, 0.6) is 0 Å².